The number of ether oxygens (including phenoxy) is 3. The van der Waals surface area contributed by atoms with Gasteiger partial charge < -0.3 is 19.4 Å². The molecule has 3 aromatic rings. The van der Waals surface area contributed by atoms with Crippen LogP contribution in [-0.4, -0.2) is 71.5 Å². The standard InChI is InChI=1S/C30H35F3N6O9S/c1-19-8-10-21(11-9-19)25-17-26(30(31,32)33)34-38(25)22-12-14-24(15-13-22)49(43,44)35-27(40)45-18-23-7-6-16-37(23)39(42)36-48-20(2)46-28(41)47-29(3,4)5/h8-15,17,20,23H,6-7,16,18H2,1-5H3,(H,35,40)/b39-36+/t20?,23-/m0/s1. The first kappa shape index (κ1) is 36.8. The van der Waals surface area contributed by atoms with Gasteiger partial charge in [-0.15, -0.1) is 5.01 Å². The van der Waals surface area contributed by atoms with Gasteiger partial charge in [-0.25, -0.2) is 27.4 Å². The summed E-state index contributed by atoms with van der Waals surface area (Å²) in [6, 6.07) is 11.7. The van der Waals surface area contributed by atoms with E-state index in [1.54, 1.807) is 49.8 Å². The van der Waals surface area contributed by atoms with E-state index in [4.69, 9.17) is 19.0 Å². The average Bonchev–Trinajstić information content (AvgIpc) is 3.66. The Bertz CT molecular complexity index is 1770. The number of hydrazine groups is 1. The molecule has 15 nitrogen and oxygen atoms in total. The van der Waals surface area contributed by atoms with Gasteiger partial charge in [-0.3, -0.25) is 4.84 Å². The highest BCUT2D eigenvalue weighted by Crippen LogP contribution is 2.33. The fourth-order valence-corrected chi connectivity index (χ4v) is 5.47. The van der Waals surface area contributed by atoms with E-state index >= 15 is 0 Å². The molecule has 1 aromatic heterocycles. The Morgan fingerprint density at radius 3 is 2.39 bits per heavy atom. The molecule has 1 N–H and O–H groups in total. The maximum Gasteiger partial charge on any atom is 0.511 e. The van der Waals surface area contributed by atoms with Gasteiger partial charge in [0, 0.05) is 12.5 Å². The van der Waals surface area contributed by atoms with E-state index in [0.717, 1.165) is 28.4 Å². The molecular weight excluding hydrogens is 677 g/mol. The van der Waals surface area contributed by atoms with Crippen LogP contribution in [0.15, 0.2) is 64.8 Å². The van der Waals surface area contributed by atoms with E-state index < -0.39 is 52.1 Å². The zero-order valence-electron chi connectivity index (χ0n) is 27.1. The third-order valence-electron chi connectivity index (χ3n) is 6.85. The van der Waals surface area contributed by atoms with E-state index in [9.17, 15) is 36.4 Å². The van der Waals surface area contributed by atoms with E-state index in [1.165, 1.54) is 24.1 Å². The summed E-state index contributed by atoms with van der Waals surface area (Å²) in [6.07, 6.45) is -7.43. The van der Waals surface area contributed by atoms with Crippen LogP contribution in [0.2, 0.25) is 0 Å². The number of alkyl halides is 3. The summed E-state index contributed by atoms with van der Waals surface area (Å²) >= 11 is 0. The van der Waals surface area contributed by atoms with Gasteiger partial charge in [0.25, 0.3) is 16.3 Å². The molecule has 2 aromatic carbocycles. The molecule has 1 fully saturated rings. The number of aryl methyl sites for hydroxylation is 1. The summed E-state index contributed by atoms with van der Waals surface area (Å²) in [5.41, 5.74) is -0.315. The zero-order chi connectivity index (χ0) is 36.1. The van der Waals surface area contributed by atoms with Gasteiger partial charge >= 0.3 is 18.4 Å². The van der Waals surface area contributed by atoms with Crippen molar-refractivity contribution < 1.29 is 55.2 Å². The number of carbonyl (C=O) groups excluding carboxylic acids is 2. The molecular formula is C30H35F3N6O9S. The van der Waals surface area contributed by atoms with Crippen LogP contribution in [0.4, 0.5) is 22.8 Å². The molecule has 1 unspecified atom stereocenters. The summed E-state index contributed by atoms with van der Waals surface area (Å²) < 4.78 is 84.1. The number of hydrogen-bond donors (Lipinski definition) is 1. The summed E-state index contributed by atoms with van der Waals surface area (Å²) in [5, 5.41) is 20.7. The first-order valence-electron chi connectivity index (χ1n) is 14.9. The molecule has 19 heteroatoms. The molecule has 49 heavy (non-hydrogen) atoms. The first-order chi connectivity index (χ1) is 22.8. The third-order valence-corrected chi connectivity index (χ3v) is 8.17. The second kappa shape index (κ2) is 14.6. The van der Waals surface area contributed by atoms with E-state index in [1.807, 2.05) is 6.92 Å². The number of halogens is 3. The molecule has 0 spiro atoms. The lowest BCUT2D eigenvalue weighted by molar-refractivity contribution is -0.716. The molecule has 2 heterocycles. The maximum absolute atomic E-state index is 13.5. The van der Waals surface area contributed by atoms with Crippen LogP contribution in [0.1, 0.15) is 51.8 Å². The Morgan fingerprint density at radius 1 is 1.12 bits per heavy atom. The van der Waals surface area contributed by atoms with Gasteiger partial charge in [0.1, 0.15) is 18.2 Å². The number of hydrogen-bond acceptors (Lipinski definition) is 11. The predicted octanol–water partition coefficient (Wildman–Crippen LogP) is 5.85. The van der Waals surface area contributed by atoms with Crippen molar-refractivity contribution >= 4 is 22.3 Å². The zero-order valence-corrected chi connectivity index (χ0v) is 27.9. The van der Waals surface area contributed by atoms with Crippen molar-refractivity contribution in [3.63, 3.8) is 0 Å². The Kier molecular flexibility index (Phi) is 10.9. The summed E-state index contributed by atoms with van der Waals surface area (Å²) in [6.45, 7) is 7.88. The lowest BCUT2D eigenvalue weighted by atomic mass is 10.1. The molecule has 2 atom stereocenters. The fourth-order valence-electron chi connectivity index (χ4n) is 4.58. The molecule has 0 aliphatic carbocycles. The number of amides is 1. The normalized spacial score (nSPS) is 16.2. The van der Waals surface area contributed by atoms with Crippen molar-refractivity contribution in [2.75, 3.05) is 13.2 Å². The third kappa shape index (κ3) is 9.97. The number of nitrogens with zero attached hydrogens (tertiary/aromatic N) is 5. The Balaban J connectivity index is 1.37. The number of carbonyl (C=O) groups is 2. The Labute approximate surface area is 279 Å². The van der Waals surface area contributed by atoms with Crippen molar-refractivity contribution in [1.82, 2.24) is 19.5 Å². The monoisotopic (exact) mass is 712 g/mol. The minimum atomic E-state index is -4.72. The van der Waals surface area contributed by atoms with Crippen molar-refractivity contribution in [1.29, 1.82) is 0 Å². The Hall–Kier alpha value is -5.07. The average molecular weight is 713 g/mol. The second-order valence-corrected chi connectivity index (χ2v) is 13.6. The van der Waals surface area contributed by atoms with Crippen molar-refractivity contribution in [3.8, 4) is 16.9 Å². The van der Waals surface area contributed by atoms with Gasteiger partial charge in [-0.2, -0.15) is 18.3 Å². The highest BCUT2D eigenvalue weighted by atomic mass is 32.2. The second-order valence-electron chi connectivity index (χ2n) is 11.9. The fraction of sp³-hybridized carbons (Fsp3) is 0.433. The largest absolute Gasteiger partial charge is 0.569 e. The number of benzene rings is 2. The minimum Gasteiger partial charge on any atom is -0.569 e. The summed E-state index contributed by atoms with van der Waals surface area (Å²) in [4.78, 5) is 28.8. The van der Waals surface area contributed by atoms with Crippen molar-refractivity contribution in [2.24, 2.45) is 5.28 Å². The van der Waals surface area contributed by atoms with Crippen molar-refractivity contribution in [3.05, 3.63) is 71.1 Å². The van der Waals surface area contributed by atoms with Gasteiger partial charge in [-0.1, -0.05) is 29.8 Å². The topological polar surface area (TPSA) is 177 Å². The number of aromatic nitrogens is 2. The van der Waals surface area contributed by atoms with Crippen LogP contribution in [-0.2, 0) is 35.2 Å². The smallest absolute Gasteiger partial charge is 0.511 e. The predicted molar refractivity (Wildman–Crippen MR) is 164 cm³/mol. The molecule has 0 bridgehead atoms. The lowest BCUT2D eigenvalue weighted by Gasteiger charge is -2.21. The molecule has 1 aliphatic heterocycles. The van der Waals surface area contributed by atoms with Crippen LogP contribution in [0.3, 0.4) is 0 Å². The minimum absolute atomic E-state index is 0.105. The van der Waals surface area contributed by atoms with Crippen molar-refractivity contribution in [2.45, 2.75) is 76.5 Å². The van der Waals surface area contributed by atoms with E-state index in [-0.39, 0.29) is 34.4 Å². The van der Waals surface area contributed by atoms with E-state index in [0.29, 0.717) is 18.4 Å². The molecule has 1 amide bonds. The van der Waals surface area contributed by atoms with Crippen LogP contribution < -0.4 is 4.72 Å². The quantitative estimate of drug-likeness (QED) is 0.0877. The number of nitrogens with one attached hydrogen (secondary N) is 1. The summed E-state index contributed by atoms with van der Waals surface area (Å²) in [7, 11) is -4.47. The molecule has 266 valence electrons. The van der Waals surface area contributed by atoms with Gasteiger partial charge in [-0.05, 0) is 70.9 Å². The highest BCUT2D eigenvalue weighted by Gasteiger charge is 2.36. The summed E-state index contributed by atoms with van der Waals surface area (Å²) in [5.74, 6) is 0. The molecule has 4 rings (SSSR count). The van der Waals surface area contributed by atoms with Crippen LogP contribution in [0.25, 0.3) is 16.9 Å². The molecule has 1 saturated heterocycles. The lowest BCUT2D eigenvalue weighted by Crippen LogP contribution is -2.40. The maximum atomic E-state index is 13.5. The molecule has 0 radical (unpaired) electrons. The van der Waals surface area contributed by atoms with Gasteiger partial charge in [0.2, 0.25) is 5.28 Å². The molecule has 1 aliphatic rings. The highest BCUT2D eigenvalue weighted by molar-refractivity contribution is 7.90. The molecule has 0 saturated carbocycles. The van der Waals surface area contributed by atoms with Gasteiger partial charge in [0.05, 0.1) is 27.8 Å². The number of sulfonamides is 1. The number of rotatable bonds is 10. The van der Waals surface area contributed by atoms with E-state index in [2.05, 4.69) is 10.4 Å². The van der Waals surface area contributed by atoms with Crippen LogP contribution >= 0.6 is 0 Å². The van der Waals surface area contributed by atoms with Crippen LogP contribution in [0.5, 0.6) is 0 Å². The SMILES string of the molecule is Cc1ccc(-c2cc(C(F)(F)F)nn2-c2ccc(S(=O)(=O)NC(=O)OC[C@@H]3CCCN3/[N+]([O-])=N\OC(C)OC(=O)OC(C)(C)C)cc2)cc1. The van der Waals surface area contributed by atoms with Gasteiger partial charge in [0.15, 0.2) is 5.69 Å². The first-order valence-corrected chi connectivity index (χ1v) is 16.4. The Morgan fingerprint density at radius 2 is 1.78 bits per heavy atom. The van der Waals surface area contributed by atoms with Crippen LogP contribution in [0, 0.1) is 12.1 Å².